The van der Waals surface area contributed by atoms with E-state index in [1.807, 2.05) is 0 Å². The molecular weight excluding hydrogens is 360 g/mol. The van der Waals surface area contributed by atoms with Gasteiger partial charge in [-0.15, -0.1) is 0 Å². The van der Waals surface area contributed by atoms with Gasteiger partial charge in [-0.3, -0.25) is 0 Å². The quantitative estimate of drug-likeness (QED) is 0.122. The molecule has 0 spiro atoms. The van der Waals surface area contributed by atoms with Crippen molar-refractivity contribution in [2.24, 2.45) is 5.92 Å². The van der Waals surface area contributed by atoms with Crippen LogP contribution in [0.1, 0.15) is 188 Å². The molecule has 30 heavy (non-hydrogen) atoms. The van der Waals surface area contributed by atoms with Gasteiger partial charge < -0.3 is 0 Å². The fraction of sp³-hybridized carbons (Fsp3) is 1.00. The van der Waals surface area contributed by atoms with E-state index < -0.39 is 0 Å². The summed E-state index contributed by atoms with van der Waals surface area (Å²) in [5.41, 5.74) is 0. The Labute approximate surface area is 193 Å². The summed E-state index contributed by atoms with van der Waals surface area (Å²) >= 11 is 0. The molecule has 0 saturated carbocycles. The molecule has 0 heteroatoms. The molecule has 0 aliphatic carbocycles. The highest BCUT2D eigenvalue weighted by atomic mass is 14.1. The third-order valence-corrected chi connectivity index (χ3v) is 7.15. The van der Waals surface area contributed by atoms with Gasteiger partial charge in [0, 0.05) is 0 Å². The first-order chi connectivity index (χ1) is 14.8. The van der Waals surface area contributed by atoms with E-state index in [1.54, 1.807) is 0 Å². The van der Waals surface area contributed by atoms with E-state index >= 15 is 0 Å². The van der Waals surface area contributed by atoms with Crippen molar-refractivity contribution in [2.75, 3.05) is 0 Å². The van der Waals surface area contributed by atoms with E-state index in [4.69, 9.17) is 0 Å². The molecule has 0 unspecified atom stereocenters. The normalized spacial score (nSPS) is 11.6. The van der Waals surface area contributed by atoms with Gasteiger partial charge in [-0.2, -0.15) is 0 Å². The molecule has 0 aromatic carbocycles. The summed E-state index contributed by atoms with van der Waals surface area (Å²) in [6, 6.07) is 0. The van der Waals surface area contributed by atoms with E-state index in [2.05, 4.69) is 20.8 Å². The van der Waals surface area contributed by atoms with Crippen LogP contribution < -0.4 is 0 Å². The van der Waals surface area contributed by atoms with Crippen molar-refractivity contribution in [1.82, 2.24) is 0 Å². The monoisotopic (exact) mass is 422 g/mol. The van der Waals surface area contributed by atoms with Gasteiger partial charge in [-0.25, -0.2) is 0 Å². The Morgan fingerprint density at radius 1 is 0.267 bits per heavy atom. The van der Waals surface area contributed by atoms with Gasteiger partial charge in [-0.1, -0.05) is 188 Å². The highest BCUT2D eigenvalue weighted by Crippen LogP contribution is 2.25. The van der Waals surface area contributed by atoms with Crippen LogP contribution in [0.3, 0.4) is 0 Å². The number of rotatable bonds is 26. The summed E-state index contributed by atoms with van der Waals surface area (Å²) in [7, 11) is 0. The van der Waals surface area contributed by atoms with E-state index in [1.165, 1.54) is 167 Å². The van der Waals surface area contributed by atoms with E-state index in [0.29, 0.717) is 0 Å². The molecule has 0 rings (SSSR count). The van der Waals surface area contributed by atoms with Gasteiger partial charge >= 0.3 is 0 Å². The maximum Gasteiger partial charge on any atom is -0.0414 e. The largest absolute Gasteiger partial charge is 0.0654 e. The predicted molar refractivity (Wildman–Crippen MR) is 141 cm³/mol. The van der Waals surface area contributed by atoms with Crippen molar-refractivity contribution < 1.29 is 0 Å². The molecule has 0 nitrogen and oxygen atoms in total. The van der Waals surface area contributed by atoms with Crippen molar-refractivity contribution in [2.45, 2.75) is 188 Å². The highest BCUT2D eigenvalue weighted by molar-refractivity contribution is 4.62. The summed E-state index contributed by atoms with van der Waals surface area (Å²) in [6.07, 6.45) is 38.3. The van der Waals surface area contributed by atoms with Crippen LogP contribution in [0.2, 0.25) is 0 Å². The first-order valence-corrected chi connectivity index (χ1v) is 14.8. The minimum atomic E-state index is 1.04. The van der Waals surface area contributed by atoms with Crippen molar-refractivity contribution in [3.05, 3.63) is 0 Å². The maximum absolute atomic E-state index is 2.33. The molecule has 0 radical (unpaired) electrons. The Bertz CT molecular complexity index is 260. The van der Waals surface area contributed by atoms with Gasteiger partial charge in [0.15, 0.2) is 0 Å². The van der Waals surface area contributed by atoms with Crippen LogP contribution in [-0.4, -0.2) is 0 Å². The Balaban J connectivity index is 3.75. The molecule has 0 fully saturated rings. The molecule has 0 bridgehead atoms. The van der Waals surface area contributed by atoms with Crippen LogP contribution in [0.15, 0.2) is 0 Å². The van der Waals surface area contributed by atoms with Crippen molar-refractivity contribution in [3.8, 4) is 0 Å². The summed E-state index contributed by atoms with van der Waals surface area (Å²) in [6.45, 7) is 6.96. The number of hydrogen-bond donors (Lipinski definition) is 0. The topological polar surface area (TPSA) is 0 Å². The van der Waals surface area contributed by atoms with Gasteiger partial charge in [0.1, 0.15) is 0 Å². The van der Waals surface area contributed by atoms with E-state index in [-0.39, 0.29) is 0 Å². The standard InChI is InChI=1S/C30H62/c1-4-7-10-13-15-17-19-22-25-28-30(27-24-21-12-9-6-3)29-26-23-20-18-16-14-11-8-5-2/h30H,4-29H2,1-3H3. The lowest BCUT2D eigenvalue weighted by Crippen LogP contribution is -2.01. The van der Waals surface area contributed by atoms with Crippen molar-refractivity contribution in [3.63, 3.8) is 0 Å². The van der Waals surface area contributed by atoms with Gasteiger partial charge in [0.2, 0.25) is 0 Å². The lowest BCUT2D eigenvalue weighted by atomic mass is 9.89. The zero-order chi connectivity index (χ0) is 22.0. The molecule has 182 valence electrons. The molecule has 0 aliphatic heterocycles. The average Bonchev–Trinajstić information content (AvgIpc) is 2.76. The van der Waals surface area contributed by atoms with Crippen LogP contribution >= 0.6 is 0 Å². The lowest BCUT2D eigenvalue weighted by molar-refractivity contribution is 0.365. The Hall–Kier alpha value is 0. The fourth-order valence-corrected chi connectivity index (χ4v) is 4.96. The Morgan fingerprint density at radius 2 is 0.467 bits per heavy atom. The van der Waals surface area contributed by atoms with Crippen LogP contribution in [-0.2, 0) is 0 Å². The minimum absolute atomic E-state index is 1.04. The molecule has 0 amide bonds. The zero-order valence-electron chi connectivity index (χ0n) is 22.0. The summed E-state index contributed by atoms with van der Waals surface area (Å²) < 4.78 is 0. The molecule has 0 saturated heterocycles. The molecule has 0 aliphatic rings. The molecule has 0 atom stereocenters. The third kappa shape index (κ3) is 24.3. The molecule has 0 heterocycles. The fourth-order valence-electron chi connectivity index (χ4n) is 4.96. The third-order valence-electron chi connectivity index (χ3n) is 7.15. The first-order valence-electron chi connectivity index (χ1n) is 14.8. The zero-order valence-corrected chi connectivity index (χ0v) is 22.0. The maximum atomic E-state index is 2.33. The van der Waals surface area contributed by atoms with Gasteiger partial charge in [0.05, 0.1) is 0 Å². The second-order valence-corrected chi connectivity index (χ2v) is 10.3. The average molecular weight is 423 g/mol. The molecule has 0 aromatic rings. The second kappa shape index (κ2) is 27.0. The predicted octanol–water partition coefficient (Wildman–Crippen LogP) is 11.8. The summed E-state index contributed by atoms with van der Waals surface area (Å²) in [4.78, 5) is 0. The highest BCUT2D eigenvalue weighted by Gasteiger charge is 2.08. The van der Waals surface area contributed by atoms with Crippen molar-refractivity contribution in [1.29, 1.82) is 0 Å². The Morgan fingerprint density at radius 3 is 0.700 bits per heavy atom. The lowest BCUT2D eigenvalue weighted by Gasteiger charge is -2.17. The van der Waals surface area contributed by atoms with Gasteiger partial charge in [-0.05, 0) is 5.92 Å². The summed E-state index contributed by atoms with van der Waals surface area (Å²) in [5, 5.41) is 0. The van der Waals surface area contributed by atoms with Crippen LogP contribution in [0.25, 0.3) is 0 Å². The van der Waals surface area contributed by atoms with Crippen LogP contribution in [0, 0.1) is 5.92 Å². The summed E-state index contributed by atoms with van der Waals surface area (Å²) in [5.74, 6) is 1.04. The molecule has 0 N–H and O–H groups in total. The SMILES string of the molecule is CCCCCCCCCCCC(CCCCCCC)CCCCCCCCCCC. The number of unbranched alkanes of at least 4 members (excludes halogenated alkanes) is 20. The van der Waals surface area contributed by atoms with Crippen LogP contribution in [0.5, 0.6) is 0 Å². The second-order valence-electron chi connectivity index (χ2n) is 10.3. The van der Waals surface area contributed by atoms with E-state index in [9.17, 15) is 0 Å². The molecule has 0 aromatic heterocycles. The van der Waals surface area contributed by atoms with Crippen molar-refractivity contribution >= 4 is 0 Å². The first kappa shape index (κ1) is 30.0. The minimum Gasteiger partial charge on any atom is -0.0654 e. The molecular formula is C30H62. The smallest absolute Gasteiger partial charge is 0.0414 e. The van der Waals surface area contributed by atoms with Gasteiger partial charge in [0.25, 0.3) is 0 Å². The number of hydrogen-bond acceptors (Lipinski definition) is 0. The van der Waals surface area contributed by atoms with Crippen LogP contribution in [0.4, 0.5) is 0 Å². The van der Waals surface area contributed by atoms with E-state index in [0.717, 1.165) is 5.92 Å². The Kier molecular flexibility index (Phi) is 27.0.